The summed E-state index contributed by atoms with van der Waals surface area (Å²) in [4.78, 5) is 0. The van der Waals surface area contributed by atoms with Crippen LogP contribution in [0.1, 0.15) is 32.1 Å². The minimum absolute atomic E-state index is 0.118. The first-order valence-corrected chi connectivity index (χ1v) is 5.08. The highest BCUT2D eigenvalue weighted by Gasteiger charge is 2.68. The zero-order valence-corrected chi connectivity index (χ0v) is 7.40. The van der Waals surface area contributed by atoms with Crippen LogP contribution < -0.4 is 0 Å². The zero-order valence-electron chi connectivity index (χ0n) is 7.40. The van der Waals surface area contributed by atoms with E-state index < -0.39 is 17.5 Å². The van der Waals surface area contributed by atoms with Crippen molar-refractivity contribution in [1.82, 2.24) is 0 Å². The fraction of sp³-hybridized carbons (Fsp3) is 1.00. The minimum Gasteiger partial charge on any atom is -0.237 e. The van der Waals surface area contributed by atoms with Crippen molar-refractivity contribution in [3.63, 3.8) is 0 Å². The Labute approximate surface area is 75.5 Å². The summed E-state index contributed by atoms with van der Waals surface area (Å²) >= 11 is 0. The largest absolute Gasteiger partial charge is 0.284 e. The molecule has 3 heteroatoms. The molecule has 2 unspecified atom stereocenters. The van der Waals surface area contributed by atoms with Crippen LogP contribution in [0.3, 0.4) is 0 Å². The van der Waals surface area contributed by atoms with E-state index in [1.807, 2.05) is 0 Å². The van der Waals surface area contributed by atoms with Crippen LogP contribution in [0.25, 0.3) is 0 Å². The lowest BCUT2D eigenvalue weighted by Gasteiger charge is -2.56. The van der Waals surface area contributed by atoms with E-state index in [4.69, 9.17) is 0 Å². The average Bonchev–Trinajstić information content (AvgIpc) is 1.99. The topological polar surface area (TPSA) is 0 Å². The van der Waals surface area contributed by atoms with Crippen LogP contribution in [-0.4, -0.2) is 11.6 Å². The van der Waals surface area contributed by atoms with Gasteiger partial charge in [-0.3, -0.25) is 0 Å². The van der Waals surface area contributed by atoms with Gasteiger partial charge in [-0.1, -0.05) is 0 Å². The summed E-state index contributed by atoms with van der Waals surface area (Å²) in [6.07, 6.45) is 2.36. The number of rotatable bonds is 0. The molecule has 0 heterocycles. The normalized spacial score (nSPS) is 57.0. The molecule has 4 rings (SSSR count). The summed E-state index contributed by atoms with van der Waals surface area (Å²) < 4.78 is 40.9. The highest BCUT2D eigenvalue weighted by Crippen LogP contribution is 2.63. The zero-order chi connectivity index (χ0) is 9.27. The van der Waals surface area contributed by atoms with Gasteiger partial charge in [0.25, 0.3) is 5.92 Å². The van der Waals surface area contributed by atoms with Gasteiger partial charge >= 0.3 is 0 Å². The molecule has 0 aromatic rings. The van der Waals surface area contributed by atoms with Crippen LogP contribution in [0.4, 0.5) is 13.2 Å². The Morgan fingerprint density at radius 1 is 0.846 bits per heavy atom. The molecule has 0 amide bonds. The van der Waals surface area contributed by atoms with E-state index in [1.54, 1.807) is 0 Å². The van der Waals surface area contributed by atoms with Crippen LogP contribution in [0.2, 0.25) is 0 Å². The molecule has 0 N–H and O–H groups in total. The fourth-order valence-electron chi connectivity index (χ4n) is 3.83. The maximum atomic E-state index is 13.9. The van der Waals surface area contributed by atoms with E-state index in [9.17, 15) is 13.2 Å². The van der Waals surface area contributed by atoms with Crippen molar-refractivity contribution < 1.29 is 13.2 Å². The first-order valence-electron chi connectivity index (χ1n) is 5.08. The van der Waals surface area contributed by atoms with Gasteiger partial charge in [0.1, 0.15) is 0 Å². The fourth-order valence-corrected chi connectivity index (χ4v) is 3.83. The number of alkyl halides is 3. The van der Waals surface area contributed by atoms with Crippen LogP contribution in [0, 0.1) is 17.8 Å². The van der Waals surface area contributed by atoms with Gasteiger partial charge in [0.05, 0.1) is 0 Å². The van der Waals surface area contributed by atoms with Crippen molar-refractivity contribution in [3.8, 4) is 0 Å². The molecule has 4 saturated carbocycles. The van der Waals surface area contributed by atoms with E-state index in [1.165, 1.54) is 0 Å². The molecule has 2 atom stereocenters. The lowest BCUT2D eigenvalue weighted by Crippen LogP contribution is -2.62. The van der Waals surface area contributed by atoms with Crippen LogP contribution >= 0.6 is 0 Å². The van der Waals surface area contributed by atoms with E-state index in [0.717, 1.165) is 6.42 Å². The molecule has 13 heavy (non-hydrogen) atoms. The lowest BCUT2D eigenvalue weighted by molar-refractivity contribution is -0.259. The maximum Gasteiger partial charge on any atom is 0.284 e. The first kappa shape index (κ1) is 8.13. The van der Waals surface area contributed by atoms with Crippen molar-refractivity contribution in [2.75, 3.05) is 0 Å². The highest BCUT2D eigenvalue weighted by atomic mass is 19.3. The Kier molecular flexibility index (Phi) is 1.29. The molecule has 0 nitrogen and oxygen atoms in total. The molecule has 0 spiro atoms. The van der Waals surface area contributed by atoms with Gasteiger partial charge in [-0.25, -0.2) is 13.2 Å². The minimum atomic E-state index is -3.03. The molecule has 0 aromatic carbocycles. The van der Waals surface area contributed by atoms with Crippen LogP contribution in [-0.2, 0) is 0 Å². The van der Waals surface area contributed by atoms with Crippen LogP contribution in [0.15, 0.2) is 0 Å². The SMILES string of the molecule is FC12CC3CC(CC(C3)C1(F)F)C2. The molecule has 4 fully saturated rings. The van der Waals surface area contributed by atoms with Crippen molar-refractivity contribution in [1.29, 1.82) is 0 Å². The van der Waals surface area contributed by atoms with Gasteiger partial charge in [0.2, 0.25) is 0 Å². The molecule has 4 bridgehead atoms. The van der Waals surface area contributed by atoms with Crippen molar-refractivity contribution >= 4 is 0 Å². The van der Waals surface area contributed by atoms with E-state index in [-0.39, 0.29) is 24.7 Å². The van der Waals surface area contributed by atoms with E-state index in [2.05, 4.69) is 0 Å². The number of halogens is 3. The summed E-state index contributed by atoms with van der Waals surface area (Å²) in [5.41, 5.74) is -2.14. The lowest BCUT2D eigenvalue weighted by atomic mass is 9.53. The van der Waals surface area contributed by atoms with Gasteiger partial charge in [-0.15, -0.1) is 0 Å². The molecule has 0 saturated heterocycles. The molecule has 0 aromatic heterocycles. The molecular formula is C10H13F3. The smallest absolute Gasteiger partial charge is 0.237 e. The third-order valence-corrected chi connectivity index (χ3v) is 4.24. The Bertz CT molecular complexity index is 235. The molecule has 4 aliphatic carbocycles. The second-order valence-electron chi connectivity index (χ2n) is 5.13. The third kappa shape index (κ3) is 0.835. The maximum absolute atomic E-state index is 13.9. The number of hydrogen-bond acceptors (Lipinski definition) is 0. The molecule has 0 radical (unpaired) electrons. The summed E-state index contributed by atoms with van der Waals surface area (Å²) in [7, 11) is 0. The molecular weight excluding hydrogens is 177 g/mol. The quantitative estimate of drug-likeness (QED) is 0.550. The van der Waals surface area contributed by atoms with E-state index >= 15 is 0 Å². The predicted molar refractivity (Wildman–Crippen MR) is 42.3 cm³/mol. The Morgan fingerprint density at radius 3 is 1.85 bits per heavy atom. The van der Waals surface area contributed by atoms with Crippen molar-refractivity contribution in [2.24, 2.45) is 17.8 Å². The molecule has 0 aliphatic heterocycles. The Morgan fingerprint density at radius 2 is 1.38 bits per heavy atom. The van der Waals surface area contributed by atoms with Gasteiger partial charge in [0, 0.05) is 5.92 Å². The van der Waals surface area contributed by atoms with E-state index in [0.29, 0.717) is 12.8 Å². The van der Waals surface area contributed by atoms with Crippen molar-refractivity contribution in [2.45, 2.75) is 43.7 Å². The summed E-state index contributed by atoms with van der Waals surface area (Å²) in [6, 6.07) is 0. The van der Waals surface area contributed by atoms with Crippen LogP contribution in [0.5, 0.6) is 0 Å². The standard InChI is InChI=1S/C10H13F3/c11-9-4-6-1-7(5-9)3-8(2-6)10(9,12)13/h6-8H,1-5H2. The van der Waals surface area contributed by atoms with Crippen molar-refractivity contribution in [3.05, 3.63) is 0 Å². The first-order chi connectivity index (χ1) is 6.01. The monoisotopic (exact) mass is 190 g/mol. The highest BCUT2D eigenvalue weighted by molar-refractivity contribution is 5.11. The average molecular weight is 190 g/mol. The second kappa shape index (κ2) is 2.06. The number of hydrogen-bond donors (Lipinski definition) is 0. The second-order valence-corrected chi connectivity index (χ2v) is 5.13. The molecule has 74 valence electrons. The van der Waals surface area contributed by atoms with Gasteiger partial charge in [-0.05, 0) is 43.9 Å². The molecule has 4 aliphatic rings. The van der Waals surface area contributed by atoms with Gasteiger partial charge < -0.3 is 0 Å². The Balaban J connectivity index is 2.03. The third-order valence-electron chi connectivity index (χ3n) is 4.24. The Hall–Kier alpha value is -0.210. The van der Waals surface area contributed by atoms with Gasteiger partial charge in [0.15, 0.2) is 5.67 Å². The van der Waals surface area contributed by atoms with Gasteiger partial charge in [-0.2, -0.15) is 0 Å². The summed E-state index contributed by atoms with van der Waals surface area (Å²) in [6.45, 7) is 0. The summed E-state index contributed by atoms with van der Waals surface area (Å²) in [5.74, 6) is -3.17. The summed E-state index contributed by atoms with van der Waals surface area (Å²) in [5, 5.41) is 0. The predicted octanol–water partition coefficient (Wildman–Crippen LogP) is 3.17.